The first-order chi connectivity index (χ1) is 9.78. The average Bonchev–Trinajstić information content (AvgIpc) is 2.94. The minimum Gasteiger partial charge on any atom is -0.469 e. The van der Waals surface area contributed by atoms with Gasteiger partial charge in [-0.2, -0.15) is 0 Å². The van der Waals surface area contributed by atoms with E-state index in [2.05, 4.69) is 15.3 Å². The molecule has 0 bridgehead atoms. The Morgan fingerprint density at radius 1 is 1.05 bits per heavy atom. The van der Waals surface area contributed by atoms with Crippen LogP contribution >= 0.6 is 0 Å². The van der Waals surface area contributed by atoms with Crippen molar-refractivity contribution in [1.29, 1.82) is 0 Å². The van der Waals surface area contributed by atoms with Crippen LogP contribution in [0.15, 0.2) is 53.1 Å². The first kappa shape index (κ1) is 12.4. The van der Waals surface area contributed by atoms with Crippen LogP contribution in [-0.4, -0.2) is 17.0 Å². The van der Waals surface area contributed by atoms with E-state index in [9.17, 15) is 0 Å². The Morgan fingerprint density at radius 2 is 1.85 bits per heavy atom. The Hall–Kier alpha value is -2.62. The molecule has 0 saturated carbocycles. The van der Waals surface area contributed by atoms with E-state index in [1.807, 2.05) is 56.4 Å². The third-order valence-electron chi connectivity index (χ3n) is 3.15. The van der Waals surface area contributed by atoms with Crippen LogP contribution < -0.4 is 5.32 Å². The van der Waals surface area contributed by atoms with Crippen LogP contribution in [0.25, 0.3) is 22.6 Å². The molecule has 1 aromatic carbocycles. The van der Waals surface area contributed by atoms with E-state index in [4.69, 9.17) is 4.42 Å². The Balaban J connectivity index is 2.15. The molecule has 0 amide bonds. The Labute approximate surface area is 117 Å². The molecule has 4 nitrogen and oxygen atoms in total. The molecule has 0 fully saturated rings. The zero-order valence-corrected chi connectivity index (χ0v) is 11.4. The highest BCUT2D eigenvalue weighted by molar-refractivity contribution is 5.68. The molecule has 0 atom stereocenters. The summed E-state index contributed by atoms with van der Waals surface area (Å²) in [5, 5.41) is 3.08. The molecule has 1 N–H and O–H groups in total. The van der Waals surface area contributed by atoms with Crippen molar-refractivity contribution in [2.75, 3.05) is 12.4 Å². The van der Waals surface area contributed by atoms with Crippen LogP contribution in [0.4, 0.5) is 5.82 Å². The SMILES string of the molecule is CNc1cc(-c2ccccc2)nc(-c2ccoc2C)n1. The number of benzene rings is 1. The number of aromatic nitrogens is 2. The van der Waals surface area contributed by atoms with Crippen molar-refractivity contribution in [2.24, 2.45) is 0 Å². The number of hydrogen-bond donors (Lipinski definition) is 1. The van der Waals surface area contributed by atoms with Crippen LogP contribution in [0.3, 0.4) is 0 Å². The summed E-state index contributed by atoms with van der Waals surface area (Å²) >= 11 is 0. The summed E-state index contributed by atoms with van der Waals surface area (Å²) in [5.41, 5.74) is 2.87. The summed E-state index contributed by atoms with van der Waals surface area (Å²) in [6, 6.07) is 13.9. The van der Waals surface area contributed by atoms with Crippen LogP contribution in [0.1, 0.15) is 5.76 Å². The fourth-order valence-electron chi connectivity index (χ4n) is 2.07. The van der Waals surface area contributed by atoms with Gasteiger partial charge in [0.1, 0.15) is 11.6 Å². The van der Waals surface area contributed by atoms with E-state index in [-0.39, 0.29) is 0 Å². The van der Waals surface area contributed by atoms with Gasteiger partial charge in [0.25, 0.3) is 0 Å². The zero-order valence-electron chi connectivity index (χ0n) is 11.4. The Kier molecular flexibility index (Phi) is 3.21. The van der Waals surface area contributed by atoms with E-state index in [1.165, 1.54) is 0 Å². The minimum absolute atomic E-state index is 0.668. The third-order valence-corrected chi connectivity index (χ3v) is 3.15. The molecule has 20 heavy (non-hydrogen) atoms. The quantitative estimate of drug-likeness (QED) is 0.783. The van der Waals surface area contributed by atoms with Crippen LogP contribution in [0.5, 0.6) is 0 Å². The molecule has 3 aromatic rings. The van der Waals surface area contributed by atoms with Crippen LogP contribution in [0.2, 0.25) is 0 Å². The van der Waals surface area contributed by atoms with Gasteiger partial charge < -0.3 is 9.73 Å². The monoisotopic (exact) mass is 265 g/mol. The van der Waals surface area contributed by atoms with Crippen molar-refractivity contribution in [3.63, 3.8) is 0 Å². The van der Waals surface area contributed by atoms with Gasteiger partial charge in [-0.1, -0.05) is 30.3 Å². The predicted molar refractivity (Wildman–Crippen MR) is 79.5 cm³/mol. The molecule has 4 heteroatoms. The average molecular weight is 265 g/mol. The van der Waals surface area contributed by atoms with Gasteiger partial charge in [-0.3, -0.25) is 0 Å². The standard InChI is InChI=1S/C16H15N3O/c1-11-13(8-9-20-11)16-18-14(10-15(17-2)19-16)12-6-4-3-5-7-12/h3-10H,1-2H3,(H,17,18,19). The molecule has 2 heterocycles. The maximum absolute atomic E-state index is 5.34. The van der Waals surface area contributed by atoms with E-state index < -0.39 is 0 Å². The third kappa shape index (κ3) is 2.28. The van der Waals surface area contributed by atoms with E-state index in [0.29, 0.717) is 5.82 Å². The molecule has 0 aliphatic rings. The van der Waals surface area contributed by atoms with Gasteiger partial charge in [-0.15, -0.1) is 0 Å². The summed E-state index contributed by atoms with van der Waals surface area (Å²) in [4.78, 5) is 9.14. The molecule has 0 unspecified atom stereocenters. The number of nitrogens with zero attached hydrogens (tertiary/aromatic N) is 2. The maximum atomic E-state index is 5.34. The van der Waals surface area contributed by atoms with Crippen molar-refractivity contribution in [2.45, 2.75) is 6.92 Å². The lowest BCUT2D eigenvalue weighted by atomic mass is 10.1. The largest absolute Gasteiger partial charge is 0.469 e. The number of nitrogens with one attached hydrogen (secondary N) is 1. The van der Waals surface area contributed by atoms with Gasteiger partial charge in [0.2, 0.25) is 0 Å². The van der Waals surface area contributed by atoms with E-state index >= 15 is 0 Å². The van der Waals surface area contributed by atoms with Crippen molar-refractivity contribution in [3.05, 3.63) is 54.5 Å². The molecule has 0 spiro atoms. The fourth-order valence-corrected chi connectivity index (χ4v) is 2.07. The highest BCUT2D eigenvalue weighted by Gasteiger charge is 2.11. The molecule has 3 rings (SSSR count). The molecule has 0 aliphatic heterocycles. The lowest BCUT2D eigenvalue weighted by Crippen LogP contribution is -1.98. The maximum Gasteiger partial charge on any atom is 0.165 e. The highest BCUT2D eigenvalue weighted by atomic mass is 16.3. The van der Waals surface area contributed by atoms with Gasteiger partial charge in [-0.05, 0) is 13.0 Å². The normalized spacial score (nSPS) is 10.5. The second-order valence-corrected chi connectivity index (χ2v) is 4.47. The van der Waals surface area contributed by atoms with Gasteiger partial charge in [0, 0.05) is 18.7 Å². The van der Waals surface area contributed by atoms with Crippen LogP contribution in [0, 0.1) is 6.92 Å². The number of anilines is 1. The summed E-state index contributed by atoms with van der Waals surface area (Å²) in [6.45, 7) is 1.91. The Bertz CT molecular complexity index is 720. The molecule has 100 valence electrons. The second-order valence-electron chi connectivity index (χ2n) is 4.47. The molecular weight excluding hydrogens is 250 g/mol. The number of aryl methyl sites for hydroxylation is 1. The lowest BCUT2D eigenvalue weighted by molar-refractivity contribution is 0.535. The Morgan fingerprint density at radius 3 is 2.50 bits per heavy atom. The number of furan rings is 1. The number of rotatable bonds is 3. The second kappa shape index (κ2) is 5.17. The highest BCUT2D eigenvalue weighted by Crippen LogP contribution is 2.26. The van der Waals surface area contributed by atoms with E-state index in [0.717, 1.165) is 28.4 Å². The van der Waals surface area contributed by atoms with Gasteiger partial charge in [0.15, 0.2) is 5.82 Å². The predicted octanol–water partition coefficient (Wildman–Crippen LogP) is 3.75. The first-order valence-electron chi connectivity index (χ1n) is 6.44. The molecule has 0 saturated heterocycles. The lowest BCUT2D eigenvalue weighted by Gasteiger charge is -2.07. The van der Waals surface area contributed by atoms with Gasteiger partial charge in [0.05, 0.1) is 17.5 Å². The molecular formula is C16H15N3O. The zero-order chi connectivity index (χ0) is 13.9. The van der Waals surface area contributed by atoms with Gasteiger partial charge in [-0.25, -0.2) is 9.97 Å². The smallest absolute Gasteiger partial charge is 0.165 e. The molecule has 0 radical (unpaired) electrons. The summed E-state index contributed by atoms with van der Waals surface area (Å²) in [7, 11) is 1.85. The molecule has 0 aliphatic carbocycles. The van der Waals surface area contributed by atoms with Crippen molar-refractivity contribution in [1.82, 2.24) is 9.97 Å². The summed E-state index contributed by atoms with van der Waals surface area (Å²) in [6.07, 6.45) is 1.66. The van der Waals surface area contributed by atoms with E-state index in [1.54, 1.807) is 6.26 Å². The van der Waals surface area contributed by atoms with Crippen molar-refractivity contribution < 1.29 is 4.42 Å². The first-order valence-corrected chi connectivity index (χ1v) is 6.44. The molecule has 2 aromatic heterocycles. The van der Waals surface area contributed by atoms with Crippen molar-refractivity contribution in [3.8, 4) is 22.6 Å². The topological polar surface area (TPSA) is 51.0 Å². The summed E-state index contributed by atoms with van der Waals surface area (Å²) in [5.74, 6) is 2.27. The van der Waals surface area contributed by atoms with Crippen molar-refractivity contribution >= 4 is 5.82 Å². The van der Waals surface area contributed by atoms with Gasteiger partial charge >= 0.3 is 0 Å². The fraction of sp³-hybridized carbons (Fsp3) is 0.125. The summed E-state index contributed by atoms with van der Waals surface area (Å²) < 4.78 is 5.34. The van der Waals surface area contributed by atoms with Crippen LogP contribution in [-0.2, 0) is 0 Å². The minimum atomic E-state index is 0.668. The number of hydrogen-bond acceptors (Lipinski definition) is 4.